The molecular formula is C13H21BrN2OS. The molecule has 0 spiro atoms. The highest BCUT2D eigenvalue weighted by Crippen LogP contribution is 2.33. The molecule has 2 atom stereocenters. The van der Waals surface area contributed by atoms with Crippen molar-refractivity contribution in [2.75, 3.05) is 19.7 Å². The van der Waals surface area contributed by atoms with Crippen molar-refractivity contribution in [2.24, 2.45) is 5.73 Å². The maximum atomic E-state index is 9.20. The highest BCUT2D eigenvalue weighted by atomic mass is 79.9. The van der Waals surface area contributed by atoms with Gasteiger partial charge < -0.3 is 10.8 Å². The molecule has 2 heterocycles. The van der Waals surface area contributed by atoms with Crippen molar-refractivity contribution in [3.05, 3.63) is 20.8 Å². The average Bonchev–Trinajstić information content (AvgIpc) is 2.79. The number of piperidine rings is 1. The second kappa shape index (κ2) is 7.01. The van der Waals surface area contributed by atoms with Gasteiger partial charge in [0, 0.05) is 33.9 Å². The number of hydrogen-bond acceptors (Lipinski definition) is 4. The molecule has 0 bridgehead atoms. The Hall–Kier alpha value is 0.0600. The molecule has 1 aromatic rings. The number of nitrogens with zero attached hydrogens (tertiary/aromatic N) is 1. The van der Waals surface area contributed by atoms with E-state index in [9.17, 15) is 5.11 Å². The SMILES string of the molecule is NCC(c1cc(Br)cs1)N1CCCCC1CCO. The van der Waals surface area contributed by atoms with Gasteiger partial charge in [-0.15, -0.1) is 11.3 Å². The van der Waals surface area contributed by atoms with Crippen LogP contribution in [0.15, 0.2) is 15.9 Å². The van der Waals surface area contributed by atoms with E-state index in [4.69, 9.17) is 5.73 Å². The fourth-order valence-electron chi connectivity index (χ4n) is 2.81. The van der Waals surface area contributed by atoms with Crippen LogP contribution in [0.5, 0.6) is 0 Å². The Morgan fingerprint density at radius 2 is 2.39 bits per heavy atom. The fourth-order valence-corrected chi connectivity index (χ4v) is 4.39. The number of aliphatic hydroxyl groups is 1. The molecule has 1 aliphatic heterocycles. The van der Waals surface area contributed by atoms with Gasteiger partial charge in [0.15, 0.2) is 0 Å². The predicted octanol–water partition coefficient (Wildman–Crippen LogP) is 2.75. The molecule has 1 saturated heterocycles. The van der Waals surface area contributed by atoms with Crippen LogP contribution in [-0.2, 0) is 0 Å². The highest BCUT2D eigenvalue weighted by molar-refractivity contribution is 9.10. The number of thiophene rings is 1. The Morgan fingerprint density at radius 1 is 1.56 bits per heavy atom. The lowest BCUT2D eigenvalue weighted by Crippen LogP contribution is -2.44. The summed E-state index contributed by atoms with van der Waals surface area (Å²) in [6.45, 7) is 2.02. The van der Waals surface area contributed by atoms with Crippen LogP contribution in [0.1, 0.15) is 36.6 Å². The van der Waals surface area contributed by atoms with Crippen LogP contribution < -0.4 is 5.73 Å². The van der Waals surface area contributed by atoms with Crippen molar-refractivity contribution in [1.29, 1.82) is 0 Å². The van der Waals surface area contributed by atoms with Crippen LogP contribution in [-0.4, -0.2) is 35.7 Å². The Kier molecular flexibility index (Phi) is 5.63. The molecular weight excluding hydrogens is 312 g/mol. The van der Waals surface area contributed by atoms with Gasteiger partial charge in [-0.3, -0.25) is 4.90 Å². The molecule has 0 saturated carbocycles. The third kappa shape index (κ3) is 3.33. The first kappa shape index (κ1) is 14.5. The lowest BCUT2D eigenvalue weighted by Gasteiger charge is -2.40. The molecule has 0 aliphatic carbocycles. The van der Waals surface area contributed by atoms with E-state index in [2.05, 4.69) is 32.3 Å². The molecule has 5 heteroatoms. The molecule has 3 N–H and O–H groups in total. The van der Waals surface area contributed by atoms with E-state index in [1.165, 1.54) is 24.1 Å². The number of hydrogen-bond donors (Lipinski definition) is 2. The third-order valence-electron chi connectivity index (χ3n) is 3.67. The zero-order valence-electron chi connectivity index (χ0n) is 10.5. The van der Waals surface area contributed by atoms with Crippen molar-refractivity contribution in [2.45, 2.75) is 37.8 Å². The van der Waals surface area contributed by atoms with Crippen molar-refractivity contribution in [3.8, 4) is 0 Å². The van der Waals surface area contributed by atoms with E-state index in [1.807, 2.05) is 0 Å². The molecule has 2 rings (SSSR count). The Morgan fingerprint density at radius 3 is 3.00 bits per heavy atom. The molecule has 18 heavy (non-hydrogen) atoms. The predicted molar refractivity (Wildman–Crippen MR) is 79.9 cm³/mol. The van der Waals surface area contributed by atoms with E-state index in [0.29, 0.717) is 18.6 Å². The van der Waals surface area contributed by atoms with Gasteiger partial charge in [0.25, 0.3) is 0 Å². The Labute approximate surface area is 121 Å². The topological polar surface area (TPSA) is 49.5 Å². The maximum absolute atomic E-state index is 9.20. The summed E-state index contributed by atoms with van der Waals surface area (Å²) in [6.07, 6.45) is 4.56. The molecule has 1 fully saturated rings. The summed E-state index contributed by atoms with van der Waals surface area (Å²) in [5.74, 6) is 0. The molecule has 1 aliphatic rings. The molecule has 0 aromatic carbocycles. The maximum Gasteiger partial charge on any atom is 0.0567 e. The van der Waals surface area contributed by atoms with Crippen LogP contribution >= 0.6 is 27.3 Å². The van der Waals surface area contributed by atoms with E-state index in [1.54, 1.807) is 11.3 Å². The van der Waals surface area contributed by atoms with Crippen LogP contribution in [0, 0.1) is 0 Å². The van der Waals surface area contributed by atoms with Crippen LogP contribution in [0.3, 0.4) is 0 Å². The summed E-state index contributed by atoms with van der Waals surface area (Å²) in [5, 5.41) is 11.3. The molecule has 1 aromatic heterocycles. The molecule has 0 amide bonds. The van der Waals surface area contributed by atoms with Crippen LogP contribution in [0.25, 0.3) is 0 Å². The number of halogens is 1. The number of aliphatic hydroxyl groups excluding tert-OH is 1. The highest BCUT2D eigenvalue weighted by Gasteiger charge is 2.29. The summed E-state index contributed by atoms with van der Waals surface area (Å²) < 4.78 is 1.14. The van der Waals surface area contributed by atoms with Gasteiger partial charge in [0.2, 0.25) is 0 Å². The first-order valence-electron chi connectivity index (χ1n) is 6.57. The Balaban J connectivity index is 2.14. The molecule has 2 unspecified atom stereocenters. The van der Waals surface area contributed by atoms with Gasteiger partial charge in [0.05, 0.1) is 6.04 Å². The molecule has 0 radical (unpaired) electrons. The monoisotopic (exact) mass is 332 g/mol. The minimum atomic E-state index is 0.270. The molecule has 3 nitrogen and oxygen atoms in total. The zero-order chi connectivity index (χ0) is 13.0. The van der Waals surface area contributed by atoms with Gasteiger partial charge in [-0.05, 0) is 47.8 Å². The fraction of sp³-hybridized carbons (Fsp3) is 0.692. The van der Waals surface area contributed by atoms with Gasteiger partial charge in [-0.25, -0.2) is 0 Å². The van der Waals surface area contributed by atoms with Crippen LogP contribution in [0.4, 0.5) is 0 Å². The van der Waals surface area contributed by atoms with Crippen LogP contribution in [0.2, 0.25) is 0 Å². The van der Waals surface area contributed by atoms with E-state index in [0.717, 1.165) is 17.4 Å². The van der Waals surface area contributed by atoms with Gasteiger partial charge >= 0.3 is 0 Å². The first-order chi connectivity index (χ1) is 8.76. The number of likely N-dealkylation sites (tertiary alicyclic amines) is 1. The summed E-state index contributed by atoms with van der Waals surface area (Å²) >= 11 is 5.28. The van der Waals surface area contributed by atoms with Crippen molar-refractivity contribution >= 4 is 27.3 Å². The van der Waals surface area contributed by atoms with E-state index < -0.39 is 0 Å². The summed E-state index contributed by atoms with van der Waals surface area (Å²) in [6, 6.07) is 2.96. The largest absolute Gasteiger partial charge is 0.396 e. The summed E-state index contributed by atoms with van der Waals surface area (Å²) in [4.78, 5) is 3.83. The second-order valence-corrected chi connectivity index (χ2v) is 6.68. The van der Waals surface area contributed by atoms with Crippen molar-refractivity contribution < 1.29 is 5.11 Å². The Bertz CT molecular complexity index is 370. The standard InChI is InChI=1S/C13H21BrN2OS/c14-10-7-13(18-9-10)12(8-15)16-5-2-1-3-11(16)4-6-17/h7,9,11-12,17H,1-6,8,15H2. The quantitative estimate of drug-likeness (QED) is 0.871. The second-order valence-electron chi connectivity index (χ2n) is 4.82. The van der Waals surface area contributed by atoms with Gasteiger partial charge in [-0.1, -0.05) is 6.42 Å². The van der Waals surface area contributed by atoms with E-state index in [-0.39, 0.29) is 6.61 Å². The van der Waals surface area contributed by atoms with Crippen molar-refractivity contribution in [3.63, 3.8) is 0 Å². The average molecular weight is 333 g/mol. The smallest absolute Gasteiger partial charge is 0.0567 e. The van der Waals surface area contributed by atoms with Gasteiger partial charge in [-0.2, -0.15) is 0 Å². The number of nitrogens with two attached hydrogens (primary N) is 1. The minimum Gasteiger partial charge on any atom is -0.396 e. The zero-order valence-corrected chi connectivity index (χ0v) is 12.9. The first-order valence-corrected chi connectivity index (χ1v) is 8.24. The molecule has 102 valence electrons. The third-order valence-corrected chi connectivity index (χ3v) is 5.47. The minimum absolute atomic E-state index is 0.270. The lowest BCUT2D eigenvalue weighted by molar-refractivity contribution is 0.0797. The van der Waals surface area contributed by atoms with E-state index >= 15 is 0 Å². The summed E-state index contributed by atoms with van der Waals surface area (Å²) in [7, 11) is 0. The van der Waals surface area contributed by atoms with Crippen molar-refractivity contribution in [1.82, 2.24) is 4.90 Å². The summed E-state index contributed by atoms with van der Waals surface area (Å²) in [5.41, 5.74) is 5.99. The normalized spacial score (nSPS) is 23.2. The number of rotatable bonds is 5. The lowest BCUT2D eigenvalue weighted by atomic mass is 9.97. The van der Waals surface area contributed by atoms with Gasteiger partial charge in [0.1, 0.15) is 0 Å².